The monoisotopic (exact) mass is 407 g/mol. The van der Waals surface area contributed by atoms with Crippen LogP contribution in [-0.4, -0.2) is 43.8 Å². The number of sulfonamides is 1. The SMILES string of the molecule is O=C(c1cccnc1)N1CCC(CNS(=O)(=O)Cc2ccccc2Cl)CC1. The average Bonchev–Trinajstić information content (AvgIpc) is 2.69. The van der Waals surface area contributed by atoms with Gasteiger partial charge in [0.2, 0.25) is 10.0 Å². The fourth-order valence-corrected chi connectivity index (χ4v) is 4.66. The Morgan fingerprint density at radius 3 is 2.59 bits per heavy atom. The van der Waals surface area contributed by atoms with Crippen molar-refractivity contribution in [3.05, 3.63) is 64.9 Å². The zero-order valence-corrected chi connectivity index (χ0v) is 16.4. The molecule has 1 aliphatic heterocycles. The molecule has 6 nitrogen and oxygen atoms in total. The van der Waals surface area contributed by atoms with Crippen LogP contribution >= 0.6 is 11.6 Å². The highest BCUT2D eigenvalue weighted by Crippen LogP contribution is 2.20. The van der Waals surface area contributed by atoms with Crippen molar-refractivity contribution in [2.75, 3.05) is 19.6 Å². The average molecular weight is 408 g/mol. The quantitative estimate of drug-likeness (QED) is 0.798. The molecule has 0 saturated carbocycles. The molecule has 0 aliphatic carbocycles. The summed E-state index contributed by atoms with van der Waals surface area (Å²) in [5.41, 5.74) is 1.17. The first-order chi connectivity index (χ1) is 12.9. The second kappa shape index (κ2) is 8.82. The summed E-state index contributed by atoms with van der Waals surface area (Å²) in [6, 6.07) is 10.4. The van der Waals surface area contributed by atoms with Crippen LogP contribution in [0.2, 0.25) is 5.02 Å². The van der Waals surface area contributed by atoms with Gasteiger partial charge in [-0.1, -0.05) is 29.8 Å². The van der Waals surface area contributed by atoms with Crippen LogP contribution in [0.25, 0.3) is 0 Å². The minimum atomic E-state index is -3.45. The van der Waals surface area contributed by atoms with E-state index < -0.39 is 10.0 Å². The van der Waals surface area contributed by atoms with E-state index in [1.54, 1.807) is 53.7 Å². The third-order valence-electron chi connectivity index (χ3n) is 4.71. The molecule has 1 aromatic carbocycles. The second-order valence-electron chi connectivity index (χ2n) is 6.68. The summed E-state index contributed by atoms with van der Waals surface area (Å²) in [7, 11) is -3.45. The van der Waals surface area contributed by atoms with E-state index in [0.29, 0.717) is 35.8 Å². The molecule has 1 amide bonds. The van der Waals surface area contributed by atoms with Gasteiger partial charge in [-0.2, -0.15) is 0 Å². The number of benzene rings is 1. The molecule has 1 aromatic heterocycles. The lowest BCUT2D eigenvalue weighted by molar-refractivity contribution is 0.0691. The normalized spacial score (nSPS) is 15.7. The molecule has 0 spiro atoms. The summed E-state index contributed by atoms with van der Waals surface area (Å²) >= 11 is 6.04. The van der Waals surface area contributed by atoms with Crippen LogP contribution in [0.15, 0.2) is 48.8 Å². The van der Waals surface area contributed by atoms with E-state index in [1.165, 1.54) is 0 Å². The van der Waals surface area contributed by atoms with Gasteiger partial charge in [0.15, 0.2) is 0 Å². The van der Waals surface area contributed by atoms with E-state index >= 15 is 0 Å². The van der Waals surface area contributed by atoms with E-state index in [4.69, 9.17) is 11.6 Å². The fraction of sp³-hybridized carbons (Fsp3) is 0.368. The maximum atomic E-state index is 12.4. The van der Waals surface area contributed by atoms with Crippen LogP contribution in [0.4, 0.5) is 0 Å². The molecule has 0 radical (unpaired) electrons. The fourth-order valence-electron chi connectivity index (χ4n) is 3.13. The molecule has 0 unspecified atom stereocenters. The summed E-state index contributed by atoms with van der Waals surface area (Å²) in [6.07, 6.45) is 4.73. The van der Waals surface area contributed by atoms with E-state index in [9.17, 15) is 13.2 Å². The smallest absolute Gasteiger partial charge is 0.255 e. The van der Waals surface area contributed by atoms with E-state index in [2.05, 4.69) is 9.71 Å². The van der Waals surface area contributed by atoms with Crippen molar-refractivity contribution < 1.29 is 13.2 Å². The Morgan fingerprint density at radius 2 is 1.93 bits per heavy atom. The van der Waals surface area contributed by atoms with Gasteiger partial charge in [-0.3, -0.25) is 9.78 Å². The Bertz CT molecular complexity index is 882. The third-order valence-corrected chi connectivity index (χ3v) is 6.37. The van der Waals surface area contributed by atoms with Crippen LogP contribution in [-0.2, 0) is 15.8 Å². The van der Waals surface area contributed by atoms with Crippen molar-refractivity contribution in [1.29, 1.82) is 0 Å². The number of amides is 1. The molecule has 0 bridgehead atoms. The Kier molecular flexibility index (Phi) is 6.46. The molecule has 2 heterocycles. The van der Waals surface area contributed by atoms with Gasteiger partial charge >= 0.3 is 0 Å². The van der Waals surface area contributed by atoms with Crippen molar-refractivity contribution in [2.45, 2.75) is 18.6 Å². The van der Waals surface area contributed by atoms with Gasteiger partial charge < -0.3 is 4.90 Å². The van der Waals surface area contributed by atoms with E-state index in [0.717, 1.165) is 12.8 Å². The maximum Gasteiger partial charge on any atom is 0.255 e. The van der Waals surface area contributed by atoms with Crippen molar-refractivity contribution in [2.24, 2.45) is 5.92 Å². The molecule has 1 fully saturated rings. The van der Waals surface area contributed by atoms with Gasteiger partial charge in [-0.15, -0.1) is 0 Å². The number of carbonyl (C=O) groups is 1. The zero-order valence-electron chi connectivity index (χ0n) is 14.8. The highest BCUT2D eigenvalue weighted by molar-refractivity contribution is 7.88. The number of piperidine rings is 1. The predicted octanol–water partition coefficient (Wildman–Crippen LogP) is 2.71. The van der Waals surface area contributed by atoms with Crippen molar-refractivity contribution in [1.82, 2.24) is 14.6 Å². The Balaban J connectivity index is 1.48. The number of nitrogens with zero attached hydrogens (tertiary/aromatic N) is 2. The summed E-state index contributed by atoms with van der Waals surface area (Å²) in [6.45, 7) is 1.61. The number of likely N-dealkylation sites (tertiary alicyclic amines) is 1. The third kappa shape index (κ3) is 5.51. The zero-order chi connectivity index (χ0) is 19.3. The highest BCUT2D eigenvalue weighted by Gasteiger charge is 2.25. The van der Waals surface area contributed by atoms with Crippen molar-refractivity contribution >= 4 is 27.5 Å². The van der Waals surface area contributed by atoms with Gasteiger partial charge in [0.25, 0.3) is 5.91 Å². The second-order valence-corrected chi connectivity index (χ2v) is 8.89. The van der Waals surface area contributed by atoms with Crippen LogP contribution in [0.3, 0.4) is 0 Å². The predicted molar refractivity (Wildman–Crippen MR) is 105 cm³/mol. The number of rotatable bonds is 6. The molecule has 1 aliphatic rings. The maximum absolute atomic E-state index is 12.4. The summed E-state index contributed by atoms with van der Waals surface area (Å²) in [5, 5.41) is 0.449. The summed E-state index contributed by atoms with van der Waals surface area (Å²) in [4.78, 5) is 18.2. The minimum absolute atomic E-state index is 0.0270. The molecule has 3 rings (SSSR count). The number of pyridine rings is 1. The number of nitrogens with one attached hydrogen (secondary N) is 1. The molecule has 2 aromatic rings. The van der Waals surface area contributed by atoms with E-state index in [-0.39, 0.29) is 17.6 Å². The van der Waals surface area contributed by atoms with Crippen LogP contribution in [0.5, 0.6) is 0 Å². The van der Waals surface area contributed by atoms with Crippen LogP contribution in [0.1, 0.15) is 28.8 Å². The number of hydrogen-bond acceptors (Lipinski definition) is 4. The van der Waals surface area contributed by atoms with Crippen molar-refractivity contribution in [3.63, 3.8) is 0 Å². The Hall–Kier alpha value is -1.96. The molecule has 1 N–H and O–H groups in total. The Morgan fingerprint density at radius 1 is 1.19 bits per heavy atom. The Labute approximate surface area is 164 Å². The van der Waals surface area contributed by atoms with Gasteiger partial charge in [-0.25, -0.2) is 13.1 Å². The van der Waals surface area contributed by atoms with Crippen molar-refractivity contribution in [3.8, 4) is 0 Å². The number of carbonyl (C=O) groups excluding carboxylic acids is 1. The molecule has 27 heavy (non-hydrogen) atoms. The van der Waals surface area contributed by atoms with E-state index in [1.807, 2.05) is 0 Å². The lowest BCUT2D eigenvalue weighted by Gasteiger charge is -2.32. The first-order valence-corrected chi connectivity index (χ1v) is 10.9. The first kappa shape index (κ1) is 19.8. The van der Waals surface area contributed by atoms with Gasteiger partial charge in [0.05, 0.1) is 11.3 Å². The lowest BCUT2D eigenvalue weighted by atomic mass is 9.97. The minimum Gasteiger partial charge on any atom is -0.339 e. The molecule has 1 saturated heterocycles. The first-order valence-electron chi connectivity index (χ1n) is 8.84. The lowest BCUT2D eigenvalue weighted by Crippen LogP contribution is -2.41. The number of aromatic nitrogens is 1. The number of halogens is 1. The molecular weight excluding hydrogens is 386 g/mol. The molecule has 0 atom stereocenters. The van der Waals surface area contributed by atoms with Crippen LogP contribution in [0, 0.1) is 5.92 Å². The molecule has 144 valence electrons. The van der Waals surface area contributed by atoms with Gasteiger partial charge in [0.1, 0.15) is 0 Å². The largest absolute Gasteiger partial charge is 0.339 e. The number of hydrogen-bond donors (Lipinski definition) is 1. The topological polar surface area (TPSA) is 79.4 Å². The summed E-state index contributed by atoms with van der Waals surface area (Å²) in [5.74, 6) is 0.0511. The standard InChI is InChI=1S/C19H22ClN3O3S/c20-18-6-2-1-4-17(18)14-27(25,26)22-12-15-7-10-23(11-8-15)19(24)16-5-3-9-21-13-16/h1-6,9,13,15,22H,7-8,10-12,14H2. The summed E-state index contributed by atoms with van der Waals surface area (Å²) < 4.78 is 27.3. The van der Waals surface area contributed by atoms with Gasteiger partial charge in [0, 0.05) is 37.1 Å². The van der Waals surface area contributed by atoms with Crippen LogP contribution < -0.4 is 4.72 Å². The molecule has 8 heteroatoms. The van der Waals surface area contributed by atoms with Gasteiger partial charge in [-0.05, 0) is 42.5 Å². The highest BCUT2D eigenvalue weighted by atomic mass is 35.5. The molecular formula is C19H22ClN3O3S.